The lowest BCUT2D eigenvalue weighted by Gasteiger charge is -2.27. The van der Waals surface area contributed by atoms with Crippen LogP contribution in [0.1, 0.15) is 31.2 Å². The van der Waals surface area contributed by atoms with E-state index in [2.05, 4.69) is 0 Å². The Morgan fingerprint density at radius 3 is 2.42 bits per heavy atom. The molecule has 0 spiro atoms. The number of hydrogen-bond acceptors (Lipinski definition) is 2. The van der Waals surface area contributed by atoms with E-state index in [1.807, 2.05) is 29.2 Å². The zero-order valence-corrected chi connectivity index (χ0v) is 11.7. The highest BCUT2D eigenvalue weighted by molar-refractivity contribution is 6.30. The summed E-state index contributed by atoms with van der Waals surface area (Å²) in [5.41, 5.74) is 6.67. The van der Waals surface area contributed by atoms with Crippen molar-refractivity contribution in [3.63, 3.8) is 0 Å². The number of amides is 1. The molecule has 0 unspecified atom stereocenters. The maximum Gasteiger partial charge on any atom is 0.230 e. The number of halogens is 1. The van der Waals surface area contributed by atoms with Crippen molar-refractivity contribution in [1.29, 1.82) is 0 Å². The van der Waals surface area contributed by atoms with Crippen LogP contribution < -0.4 is 5.73 Å². The molecule has 0 saturated heterocycles. The quantitative estimate of drug-likeness (QED) is 0.900. The van der Waals surface area contributed by atoms with Gasteiger partial charge in [0.2, 0.25) is 5.91 Å². The summed E-state index contributed by atoms with van der Waals surface area (Å²) < 4.78 is 0. The zero-order chi connectivity index (χ0) is 13.5. The molecule has 3 rings (SSSR count). The highest BCUT2D eigenvalue weighted by Gasteiger charge is 2.52. The molecule has 1 aromatic carbocycles. The SMILES string of the molecule is NCC1(C(=O)N(Cc2ccc(Cl)cc2)C2CC2)CC1. The Bertz CT molecular complexity index is 477. The van der Waals surface area contributed by atoms with Crippen LogP contribution in [-0.4, -0.2) is 23.4 Å². The standard InChI is InChI=1S/C15H19ClN2O/c16-12-3-1-11(2-4-12)9-18(13-5-6-13)14(19)15(10-17)7-8-15/h1-4,13H,5-10,17H2. The van der Waals surface area contributed by atoms with Gasteiger partial charge in [0.1, 0.15) is 0 Å². The van der Waals surface area contributed by atoms with E-state index in [-0.39, 0.29) is 11.3 Å². The number of nitrogens with zero attached hydrogens (tertiary/aromatic N) is 1. The molecule has 0 radical (unpaired) electrons. The molecular weight excluding hydrogens is 260 g/mol. The lowest BCUT2D eigenvalue weighted by atomic mass is 10.0. The van der Waals surface area contributed by atoms with Crippen molar-refractivity contribution in [2.24, 2.45) is 11.1 Å². The molecule has 3 nitrogen and oxygen atoms in total. The van der Waals surface area contributed by atoms with Gasteiger partial charge in [-0.25, -0.2) is 0 Å². The van der Waals surface area contributed by atoms with Crippen LogP contribution in [0.5, 0.6) is 0 Å². The van der Waals surface area contributed by atoms with Crippen molar-refractivity contribution < 1.29 is 4.79 Å². The molecule has 2 aliphatic rings. The molecule has 2 fully saturated rings. The number of hydrogen-bond donors (Lipinski definition) is 1. The minimum Gasteiger partial charge on any atom is -0.335 e. The molecule has 1 aromatic rings. The predicted molar refractivity (Wildman–Crippen MR) is 75.7 cm³/mol. The lowest BCUT2D eigenvalue weighted by molar-refractivity contribution is -0.137. The van der Waals surface area contributed by atoms with Gasteiger partial charge >= 0.3 is 0 Å². The van der Waals surface area contributed by atoms with E-state index in [1.165, 1.54) is 0 Å². The van der Waals surface area contributed by atoms with Gasteiger partial charge in [0.15, 0.2) is 0 Å². The Morgan fingerprint density at radius 1 is 1.32 bits per heavy atom. The third kappa shape index (κ3) is 2.63. The summed E-state index contributed by atoms with van der Waals surface area (Å²) >= 11 is 5.89. The summed E-state index contributed by atoms with van der Waals surface area (Å²) in [7, 11) is 0. The van der Waals surface area contributed by atoms with Gasteiger partial charge in [0.25, 0.3) is 0 Å². The molecular formula is C15H19ClN2O. The first-order valence-corrected chi connectivity index (χ1v) is 7.28. The molecule has 0 aromatic heterocycles. The minimum atomic E-state index is -0.241. The fraction of sp³-hybridized carbons (Fsp3) is 0.533. The van der Waals surface area contributed by atoms with E-state index in [4.69, 9.17) is 17.3 Å². The van der Waals surface area contributed by atoms with Crippen LogP contribution in [0.3, 0.4) is 0 Å². The van der Waals surface area contributed by atoms with E-state index in [9.17, 15) is 4.79 Å². The predicted octanol–water partition coefficient (Wildman–Crippen LogP) is 2.57. The van der Waals surface area contributed by atoms with Crippen molar-refractivity contribution >= 4 is 17.5 Å². The second-order valence-corrected chi connectivity index (χ2v) is 6.21. The summed E-state index contributed by atoms with van der Waals surface area (Å²) in [5.74, 6) is 0.257. The molecule has 0 atom stereocenters. The Kier molecular flexibility index (Phi) is 3.27. The smallest absolute Gasteiger partial charge is 0.230 e. The summed E-state index contributed by atoms with van der Waals surface area (Å²) in [5, 5.41) is 0.730. The van der Waals surface area contributed by atoms with Crippen molar-refractivity contribution in [1.82, 2.24) is 4.90 Å². The molecule has 102 valence electrons. The van der Waals surface area contributed by atoms with Gasteiger partial charge in [-0.15, -0.1) is 0 Å². The van der Waals surface area contributed by atoms with E-state index in [0.29, 0.717) is 19.1 Å². The Labute approximate surface area is 118 Å². The summed E-state index contributed by atoms with van der Waals surface area (Å²) in [4.78, 5) is 14.7. The van der Waals surface area contributed by atoms with E-state index in [1.54, 1.807) is 0 Å². The number of nitrogens with two attached hydrogens (primary N) is 1. The summed E-state index contributed by atoms with van der Waals surface area (Å²) in [6.07, 6.45) is 4.15. The normalized spacial score (nSPS) is 20.1. The number of benzene rings is 1. The van der Waals surface area contributed by atoms with Crippen molar-refractivity contribution in [2.75, 3.05) is 6.54 Å². The van der Waals surface area contributed by atoms with Crippen molar-refractivity contribution in [3.8, 4) is 0 Å². The second kappa shape index (κ2) is 4.80. The van der Waals surface area contributed by atoms with Crippen LogP contribution in [-0.2, 0) is 11.3 Å². The molecule has 0 heterocycles. The summed E-state index contributed by atoms with van der Waals surface area (Å²) in [6, 6.07) is 8.16. The average Bonchev–Trinajstić information content (AvgIpc) is 3.29. The average molecular weight is 279 g/mol. The Morgan fingerprint density at radius 2 is 1.95 bits per heavy atom. The van der Waals surface area contributed by atoms with Gasteiger partial charge in [0, 0.05) is 24.2 Å². The number of carbonyl (C=O) groups excluding carboxylic acids is 1. The molecule has 0 bridgehead atoms. The highest BCUT2D eigenvalue weighted by atomic mass is 35.5. The Hall–Kier alpha value is -1.06. The van der Waals surface area contributed by atoms with E-state index >= 15 is 0 Å². The fourth-order valence-electron chi connectivity index (χ4n) is 2.50. The Balaban J connectivity index is 1.74. The largest absolute Gasteiger partial charge is 0.335 e. The second-order valence-electron chi connectivity index (χ2n) is 5.78. The molecule has 2 aliphatic carbocycles. The van der Waals surface area contributed by atoms with Crippen molar-refractivity contribution in [2.45, 2.75) is 38.3 Å². The van der Waals surface area contributed by atoms with Crippen LogP contribution in [0.2, 0.25) is 5.02 Å². The molecule has 0 aliphatic heterocycles. The van der Waals surface area contributed by atoms with Crippen molar-refractivity contribution in [3.05, 3.63) is 34.9 Å². The molecule has 2 N–H and O–H groups in total. The van der Waals surface area contributed by atoms with E-state index in [0.717, 1.165) is 36.3 Å². The van der Waals surface area contributed by atoms with Gasteiger partial charge in [-0.1, -0.05) is 23.7 Å². The third-order valence-corrected chi connectivity index (χ3v) is 4.46. The topological polar surface area (TPSA) is 46.3 Å². The monoisotopic (exact) mass is 278 g/mol. The first kappa shape index (κ1) is 12.9. The van der Waals surface area contributed by atoms with Crippen LogP contribution in [0.25, 0.3) is 0 Å². The number of rotatable bonds is 5. The van der Waals surface area contributed by atoms with Gasteiger partial charge in [0.05, 0.1) is 5.41 Å². The first-order valence-electron chi connectivity index (χ1n) is 6.90. The highest BCUT2D eigenvalue weighted by Crippen LogP contribution is 2.48. The fourth-order valence-corrected chi connectivity index (χ4v) is 2.63. The maximum absolute atomic E-state index is 12.6. The first-order chi connectivity index (χ1) is 9.14. The van der Waals surface area contributed by atoms with Crippen LogP contribution >= 0.6 is 11.6 Å². The maximum atomic E-state index is 12.6. The molecule has 2 saturated carbocycles. The van der Waals surface area contributed by atoms with Crippen LogP contribution in [0.4, 0.5) is 0 Å². The van der Waals surface area contributed by atoms with Crippen LogP contribution in [0, 0.1) is 5.41 Å². The molecule has 19 heavy (non-hydrogen) atoms. The van der Waals surface area contributed by atoms with E-state index < -0.39 is 0 Å². The summed E-state index contributed by atoms with van der Waals surface area (Å²) in [6.45, 7) is 1.16. The zero-order valence-electron chi connectivity index (χ0n) is 10.9. The van der Waals surface area contributed by atoms with Gasteiger partial charge in [-0.2, -0.15) is 0 Å². The van der Waals surface area contributed by atoms with Gasteiger partial charge in [-0.3, -0.25) is 4.79 Å². The minimum absolute atomic E-state index is 0.241. The molecule has 1 amide bonds. The van der Waals surface area contributed by atoms with Gasteiger partial charge < -0.3 is 10.6 Å². The lowest BCUT2D eigenvalue weighted by Crippen LogP contribution is -2.41. The van der Waals surface area contributed by atoms with Gasteiger partial charge in [-0.05, 0) is 43.4 Å². The molecule has 4 heteroatoms. The third-order valence-electron chi connectivity index (χ3n) is 4.21. The van der Waals surface area contributed by atoms with Crippen LogP contribution in [0.15, 0.2) is 24.3 Å². The number of carbonyl (C=O) groups is 1.